The van der Waals surface area contributed by atoms with Gasteiger partial charge in [-0.1, -0.05) is 83.9 Å². The molecule has 5 nitrogen and oxygen atoms in total. The van der Waals surface area contributed by atoms with Crippen LogP contribution in [0.3, 0.4) is 0 Å². The summed E-state index contributed by atoms with van der Waals surface area (Å²) in [5.41, 5.74) is 1.60. The number of hydrogen-bond donors (Lipinski definition) is 3. The maximum absolute atomic E-state index is 12.9. The summed E-state index contributed by atoms with van der Waals surface area (Å²) >= 11 is 12.0. The molecule has 166 valence electrons. The van der Waals surface area contributed by atoms with E-state index < -0.39 is 17.9 Å². The van der Waals surface area contributed by atoms with Crippen LogP contribution < -0.4 is 10.6 Å². The van der Waals surface area contributed by atoms with Gasteiger partial charge in [0.15, 0.2) is 0 Å². The fourth-order valence-electron chi connectivity index (χ4n) is 3.70. The molecule has 33 heavy (non-hydrogen) atoms. The van der Waals surface area contributed by atoms with Crippen LogP contribution in [0.15, 0.2) is 84.9 Å². The number of amides is 2. The molecule has 4 aromatic rings. The van der Waals surface area contributed by atoms with Crippen LogP contribution in [0.2, 0.25) is 10.0 Å². The zero-order chi connectivity index (χ0) is 23.4. The Balaban J connectivity index is 1.59. The molecule has 0 radical (unpaired) electrons. The average molecular weight is 479 g/mol. The van der Waals surface area contributed by atoms with Crippen LogP contribution in [-0.2, 0) is 4.79 Å². The Morgan fingerprint density at radius 3 is 2.36 bits per heavy atom. The van der Waals surface area contributed by atoms with Crippen molar-refractivity contribution in [2.24, 2.45) is 0 Å². The Labute approximate surface area is 201 Å². The minimum atomic E-state index is -0.624. The molecule has 0 spiro atoms. The molecule has 0 aliphatic heterocycles. The monoisotopic (exact) mass is 478 g/mol. The van der Waals surface area contributed by atoms with E-state index in [1.54, 1.807) is 12.1 Å². The van der Waals surface area contributed by atoms with Crippen LogP contribution in [0.1, 0.15) is 27.5 Å². The number of carbonyl (C=O) groups excluding carboxylic acids is 2. The van der Waals surface area contributed by atoms with Gasteiger partial charge >= 0.3 is 0 Å². The first-order chi connectivity index (χ1) is 15.9. The number of hydrogen-bond acceptors (Lipinski definition) is 3. The summed E-state index contributed by atoms with van der Waals surface area (Å²) < 4.78 is 0. The lowest BCUT2D eigenvalue weighted by molar-refractivity contribution is -0.120. The Morgan fingerprint density at radius 2 is 1.61 bits per heavy atom. The largest absolute Gasteiger partial charge is 0.508 e. The van der Waals surface area contributed by atoms with Gasteiger partial charge in [-0.2, -0.15) is 0 Å². The molecule has 0 saturated carbocycles. The molecule has 0 aliphatic rings. The van der Waals surface area contributed by atoms with Crippen LogP contribution >= 0.6 is 23.2 Å². The van der Waals surface area contributed by atoms with Gasteiger partial charge in [-0.25, -0.2) is 0 Å². The highest BCUT2D eigenvalue weighted by Crippen LogP contribution is 2.35. The molecule has 0 aromatic heterocycles. The fraction of sp³-hybridized carbons (Fsp3) is 0.0769. The van der Waals surface area contributed by atoms with Crippen molar-refractivity contribution in [3.8, 4) is 5.75 Å². The van der Waals surface area contributed by atoms with Gasteiger partial charge in [-0.15, -0.1) is 0 Å². The number of halogens is 2. The third-order valence-corrected chi connectivity index (χ3v) is 5.81. The lowest BCUT2D eigenvalue weighted by Gasteiger charge is -2.23. The zero-order valence-corrected chi connectivity index (χ0v) is 18.9. The van der Waals surface area contributed by atoms with Crippen molar-refractivity contribution < 1.29 is 14.7 Å². The number of nitrogens with one attached hydrogen (secondary N) is 2. The van der Waals surface area contributed by atoms with Crippen molar-refractivity contribution in [2.45, 2.75) is 6.04 Å². The molecule has 7 heteroatoms. The lowest BCUT2D eigenvalue weighted by Crippen LogP contribution is -2.39. The number of carbonyl (C=O) groups is 2. The van der Waals surface area contributed by atoms with E-state index in [4.69, 9.17) is 23.2 Å². The Hall–Kier alpha value is -3.54. The number of rotatable bonds is 6. The summed E-state index contributed by atoms with van der Waals surface area (Å²) in [6.45, 7) is -0.271. The Morgan fingerprint density at radius 1 is 0.879 bits per heavy atom. The average Bonchev–Trinajstić information content (AvgIpc) is 2.82. The van der Waals surface area contributed by atoms with E-state index in [1.165, 1.54) is 12.1 Å². The number of phenols is 1. The molecule has 1 unspecified atom stereocenters. The quantitative estimate of drug-likeness (QED) is 0.342. The molecular weight excluding hydrogens is 459 g/mol. The van der Waals surface area contributed by atoms with E-state index in [2.05, 4.69) is 10.6 Å². The summed E-state index contributed by atoms with van der Waals surface area (Å²) in [5, 5.41) is 18.6. The molecule has 0 bridgehead atoms. The van der Waals surface area contributed by atoms with E-state index in [-0.39, 0.29) is 22.9 Å². The first kappa shape index (κ1) is 22.6. The van der Waals surface area contributed by atoms with E-state index in [0.717, 1.165) is 16.3 Å². The van der Waals surface area contributed by atoms with Crippen LogP contribution in [0.5, 0.6) is 5.75 Å². The molecule has 0 heterocycles. The van der Waals surface area contributed by atoms with Crippen LogP contribution in [0.4, 0.5) is 0 Å². The van der Waals surface area contributed by atoms with E-state index in [9.17, 15) is 14.7 Å². The number of fused-ring (bicyclic) bond motifs is 1. The summed E-state index contributed by atoms with van der Waals surface area (Å²) in [7, 11) is 0. The molecule has 2 amide bonds. The Bertz CT molecular complexity index is 1330. The first-order valence-electron chi connectivity index (χ1n) is 10.2. The maximum Gasteiger partial charge on any atom is 0.253 e. The highest BCUT2D eigenvalue weighted by molar-refractivity contribution is 6.36. The minimum absolute atomic E-state index is 0.0693. The van der Waals surface area contributed by atoms with Gasteiger partial charge in [0.05, 0.1) is 23.2 Å². The van der Waals surface area contributed by atoms with Gasteiger partial charge in [0, 0.05) is 10.6 Å². The number of benzene rings is 4. The molecule has 4 rings (SSSR count). The van der Waals surface area contributed by atoms with Crippen molar-refractivity contribution in [1.29, 1.82) is 0 Å². The Kier molecular flexibility index (Phi) is 6.82. The smallest absolute Gasteiger partial charge is 0.253 e. The van der Waals surface area contributed by atoms with Crippen molar-refractivity contribution in [2.75, 3.05) is 6.54 Å². The molecule has 0 saturated heterocycles. The summed E-state index contributed by atoms with van der Waals surface area (Å²) in [6, 6.07) is 24.3. The SMILES string of the molecule is O=C(CNC(=O)c1ccc(Cl)cc1Cl)NC(c1ccccc1)c1c(O)ccc2ccccc12. The fourth-order valence-corrected chi connectivity index (χ4v) is 4.19. The summed E-state index contributed by atoms with van der Waals surface area (Å²) in [4.78, 5) is 25.3. The van der Waals surface area contributed by atoms with Crippen LogP contribution in [-0.4, -0.2) is 23.5 Å². The van der Waals surface area contributed by atoms with Gasteiger partial charge in [0.25, 0.3) is 5.91 Å². The van der Waals surface area contributed by atoms with Gasteiger partial charge in [0.2, 0.25) is 5.91 Å². The third kappa shape index (κ3) is 5.11. The first-order valence-corrected chi connectivity index (χ1v) is 11.0. The van der Waals surface area contributed by atoms with Crippen LogP contribution in [0.25, 0.3) is 10.8 Å². The third-order valence-electron chi connectivity index (χ3n) is 5.26. The highest BCUT2D eigenvalue weighted by atomic mass is 35.5. The van der Waals surface area contributed by atoms with Gasteiger partial charge < -0.3 is 15.7 Å². The molecule has 4 aromatic carbocycles. The minimum Gasteiger partial charge on any atom is -0.508 e. The normalized spacial score (nSPS) is 11.7. The molecule has 3 N–H and O–H groups in total. The van der Waals surface area contributed by atoms with Crippen molar-refractivity contribution in [3.63, 3.8) is 0 Å². The van der Waals surface area contributed by atoms with Gasteiger partial charge in [0.1, 0.15) is 5.75 Å². The maximum atomic E-state index is 12.9. The van der Waals surface area contributed by atoms with E-state index in [0.29, 0.717) is 10.6 Å². The molecule has 0 fully saturated rings. The second-order valence-corrected chi connectivity index (χ2v) is 8.28. The second kappa shape index (κ2) is 9.94. The second-order valence-electron chi connectivity index (χ2n) is 7.44. The predicted molar refractivity (Wildman–Crippen MR) is 131 cm³/mol. The number of aromatic hydroxyl groups is 1. The predicted octanol–water partition coefficient (Wildman–Crippen LogP) is 5.49. The van der Waals surface area contributed by atoms with Gasteiger partial charge in [-0.3, -0.25) is 9.59 Å². The summed E-state index contributed by atoms with van der Waals surface area (Å²) in [5.74, 6) is -0.842. The van der Waals surface area contributed by atoms with Crippen molar-refractivity contribution in [1.82, 2.24) is 10.6 Å². The summed E-state index contributed by atoms with van der Waals surface area (Å²) in [6.07, 6.45) is 0. The number of phenolic OH excluding ortho intramolecular Hbond substituents is 1. The molecular formula is C26H20Cl2N2O3. The van der Waals surface area contributed by atoms with Crippen LogP contribution in [0, 0.1) is 0 Å². The topological polar surface area (TPSA) is 78.4 Å². The molecule has 1 atom stereocenters. The zero-order valence-electron chi connectivity index (χ0n) is 17.4. The van der Waals surface area contributed by atoms with E-state index in [1.807, 2.05) is 60.7 Å². The van der Waals surface area contributed by atoms with Gasteiger partial charge in [-0.05, 0) is 40.6 Å². The highest BCUT2D eigenvalue weighted by Gasteiger charge is 2.23. The van der Waals surface area contributed by atoms with Crippen molar-refractivity contribution in [3.05, 3.63) is 112 Å². The lowest BCUT2D eigenvalue weighted by atomic mass is 9.92. The van der Waals surface area contributed by atoms with Crippen molar-refractivity contribution >= 4 is 45.8 Å². The standard InChI is InChI=1S/C26H20Cl2N2O3/c27-18-11-12-20(21(28)14-18)26(33)29-15-23(32)30-25(17-7-2-1-3-8-17)24-19-9-5-4-6-16(19)10-13-22(24)31/h1-14,25,31H,15H2,(H,29,33)(H,30,32). The van der Waals surface area contributed by atoms with E-state index >= 15 is 0 Å². The molecule has 0 aliphatic carbocycles.